The lowest BCUT2D eigenvalue weighted by molar-refractivity contribution is -0.126. The van der Waals surface area contributed by atoms with Crippen molar-refractivity contribution in [2.24, 2.45) is 5.92 Å². The van der Waals surface area contributed by atoms with Gasteiger partial charge in [0, 0.05) is 11.7 Å². The van der Waals surface area contributed by atoms with E-state index in [0.29, 0.717) is 6.04 Å². The molecule has 1 aromatic carbocycles. The van der Waals surface area contributed by atoms with Crippen LogP contribution in [0.1, 0.15) is 52.0 Å². The zero-order valence-corrected chi connectivity index (χ0v) is 12.8. The monoisotopic (exact) mass is 274 g/mol. The minimum atomic E-state index is -0.517. The molecule has 20 heavy (non-hydrogen) atoms. The van der Waals surface area contributed by atoms with Gasteiger partial charge < -0.3 is 11.1 Å². The quantitative estimate of drug-likeness (QED) is 0.831. The third kappa shape index (κ3) is 3.33. The van der Waals surface area contributed by atoms with Crippen LogP contribution < -0.4 is 11.1 Å². The van der Waals surface area contributed by atoms with Crippen molar-refractivity contribution in [3.05, 3.63) is 29.8 Å². The molecule has 0 aromatic heterocycles. The molecule has 110 valence electrons. The van der Waals surface area contributed by atoms with Crippen LogP contribution in [-0.4, -0.2) is 11.9 Å². The van der Waals surface area contributed by atoms with Crippen LogP contribution in [-0.2, 0) is 10.2 Å². The molecule has 1 amide bonds. The molecule has 0 unspecified atom stereocenters. The standard InChI is InChI=1S/C17H26N2O/c1-12-4-10-15(11-5-12)19-16(20)17(2,3)13-6-8-14(18)9-7-13/h6-9,12,15H,4-5,10-11,18H2,1-3H3,(H,19,20). The van der Waals surface area contributed by atoms with Crippen LogP contribution in [0.15, 0.2) is 24.3 Å². The fraction of sp³-hybridized carbons (Fsp3) is 0.588. The summed E-state index contributed by atoms with van der Waals surface area (Å²) in [6.45, 7) is 6.23. The Balaban J connectivity index is 2.01. The average molecular weight is 274 g/mol. The van der Waals surface area contributed by atoms with E-state index in [4.69, 9.17) is 5.73 Å². The number of hydrogen-bond donors (Lipinski definition) is 2. The van der Waals surface area contributed by atoms with E-state index in [1.165, 1.54) is 12.8 Å². The molecule has 1 aliphatic carbocycles. The molecule has 0 bridgehead atoms. The Labute approximate surface area is 121 Å². The summed E-state index contributed by atoms with van der Waals surface area (Å²) in [5.41, 5.74) is 6.93. The molecule has 0 atom stereocenters. The molecule has 1 aliphatic rings. The maximum Gasteiger partial charge on any atom is 0.230 e. The number of nitrogens with two attached hydrogens (primary N) is 1. The van der Waals surface area contributed by atoms with Gasteiger partial charge >= 0.3 is 0 Å². The predicted octanol–water partition coefficient (Wildman–Crippen LogP) is 3.24. The van der Waals surface area contributed by atoms with E-state index < -0.39 is 5.41 Å². The van der Waals surface area contributed by atoms with Gasteiger partial charge in [-0.1, -0.05) is 19.1 Å². The number of amides is 1. The summed E-state index contributed by atoms with van der Waals surface area (Å²) in [5.74, 6) is 0.912. The molecular formula is C17H26N2O. The van der Waals surface area contributed by atoms with Crippen molar-refractivity contribution in [3.8, 4) is 0 Å². The number of rotatable bonds is 3. The van der Waals surface area contributed by atoms with Gasteiger partial charge in [-0.25, -0.2) is 0 Å². The Bertz CT molecular complexity index is 456. The van der Waals surface area contributed by atoms with Crippen molar-refractivity contribution in [1.29, 1.82) is 0 Å². The van der Waals surface area contributed by atoms with Gasteiger partial charge in [0.05, 0.1) is 5.41 Å². The molecule has 3 heteroatoms. The molecule has 3 nitrogen and oxygen atoms in total. The Morgan fingerprint density at radius 1 is 1.15 bits per heavy atom. The molecule has 0 aliphatic heterocycles. The Morgan fingerprint density at radius 2 is 1.70 bits per heavy atom. The maximum absolute atomic E-state index is 12.6. The van der Waals surface area contributed by atoms with Crippen LogP contribution >= 0.6 is 0 Å². The van der Waals surface area contributed by atoms with E-state index in [9.17, 15) is 4.79 Å². The minimum Gasteiger partial charge on any atom is -0.399 e. The third-order valence-corrected chi connectivity index (χ3v) is 4.55. The second kappa shape index (κ2) is 5.86. The SMILES string of the molecule is CC1CCC(NC(=O)C(C)(C)c2ccc(N)cc2)CC1. The first-order chi connectivity index (χ1) is 9.39. The Hall–Kier alpha value is -1.51. The first-order valence-electron chi connectivity index (χ1n) is 7.56. The van der Waals surface area contributed by atoms with Crippen LogP contribution in [0, 0.1) is 5.92 Å². The Morgan fingerprint density at radius 3 is 2.25 bits per heavy atom. The lowest BCUT2D eigenvalue weighted by atomic mass is 9.82. The van der Waals surface area contributed by atoms with E-state index in [-0.39, 0.29) is 5.91 Å². The van der Waals surface area contributed by atoms with E-state index in [2.05, 4.69) is 12.2 Å². The number of hydrogen-bond acceptors (Lipinski definition) is 2. The minimum absolute atomic E-state index is 0.113. The van der Waals surface area contributed by atoms with Crippen molar-refractivity contribution < 1.29 is 4.79 Å². The topological polar surface area (TPSA) is 55.1 Å². The van der Waals surface area contributed by atoms with Crippen molar-refractivity contribution in [2.75, 3.05) is 5.73 Å². The molecule has 0 spiro atoms. The highest BCUT2D eigenvalue weighted by molar-refractivity contribution is 5.87. The zero-order chi connectivity index (χ0) is 14.8. The van der Waals surface area contributed by atoms with Gasteiger partial charge in [0.1, 0.15) is 0 Å². The lowest BCUT2D eigenvalue weighted by Gasteiger charge is -2.31. The lowest BCUT2D eigenvalue weighted by Crippen LogP contribution is -2.46. The maximum atomic E-state index is 12.6. The van der Waals surface area contributed by atoms with Crippen LogP contribution in [0.25, 0.3) is 0 Å². The van der Waals surface area contributed by atoms with Gasteiger partial charge in [-0.3, -0.25) is 4.79 Å². The molecule has 2 rings (SSSR count). The summed E-state index contributed by atoms with van der Waals surface area (Å²) in [4.78, 5) is 12.6. The summed E-state index contributed by atoms with van der Waals surface area (Å²) in [5, 5.41) is 3.22. The summed E-state index contributed by atoms with van der Waals surface area (Å²) < 4.78 is 0. The highest BCUT2D eigenvalue weighted by Gasteiger charge is 2.31. The summed E-state index contributed by atoms with van der Waals surface area (Å²) >= 11 is 0. The van der Waals surface area contributed by atoms with Gasteiger partial charge in [0.2, 0.25) is 5.91 Å². The summed E-state index contributed by atoms with van der Waals surface area (Å²) in [7, 11) is 0. The molecule has 0 radical (unpaired) electrons. The van der Waals surface area contributed by atoms with Gasteiger partial charge in [0.25, 0.3) is 0 Å². The molecule has 1 fully saturated rings. The number of carbonyl (C=O) groups is 1. The molecule has 1 saturated carbocycles. The number of anilines is 1. The van der Waals surface area contributed by atoms with Crippen molar-refractivity contribution in [2.45, 2.75) is 57.9 Å². The first-order valence-corrected chi connectivity index (χ1v) is 7.56. The largest absolute Gasteiger partial charge is 0.399 e. The van der Waals surface area contributed by atoms with Crippen molar-refractivity contribution in [1.82, 2.24) is 5.32 Å². The molecule has 0 heterocycles. The van der Waals surface area contributed by atoms with Crippen molar-refractivity contribution >= 4 is 11.6 Å². The average Bonchev–Trinajstić information content (AvgIpc) is 2.42. The van der Waals surface area contributed by atoms with Crippen LogP contribution in [0.5, 0.6) is 0 Å². The second-order valence-corrected chi connectivity index (χ2v) is 6.68. The van der Waals surface area contributed by atoms with Crippen molar-refractivity contribution in [3.63, 3.8) is 0 Å². The van der Waals surface area contributed by atoms with Crippen LogP contribution in [0.2, 0.25) is 0 Å². The highest BCUT2D eigenvalue weighted by Crippen LogP contribution is 2.27. The summed E-state index contributed by atoms with van der Waals surface area (Å²) in [6, 6.07) is 7.93. The fourth-order valence-electron chi connectivity index (χ4n) is 2.80. The second-order valence-electron chi connectivity index (χ2n) is 6.68. The molecule has 1 aromatic rings. The van der Waals surface area contributed by atoms with Gasteiger partial charge in [-0.2, -0.15) is 0 Å². The predicted molar refractivity (Wildman–Crippen MR) is 83.4 cm³/mol. The third-order valence-electron chi connectivity index (χ3n) is 4.55. The van der Waals surface area contributed by atoms with E-state index in [1.807, 2.05) is 38.1 Å². The molecule has 0 saturated heterocycles. The van der Waals surface area contributed by atoms with E-state index in [0.717, 1.165) is 30.0 Å². The van der Waals surface area contributed by atoms with Crippen LogP contribution in [0.4, 0.5) is 5.69 Å². The number of benzene rings is 1. The molecular weight excluding hydrogens is 248 g/mol. The smallest absolute Gasteiger partial charge is 0.230 e. The van der Waals surface area contributed by atoms with Gasteiger partial charge in [0.15, 0.2) is 0 Å². The van der Waals surface area contributed by atoms with Gasteiger partial charge in [-0.05, 0) is 63.1 Å². The normalized spacial score (nSPS) is 23.4. The number of carbonyl (C=O) groups excluding carboxylic acids is 1. The summed E-state index contributed by atoms with van der Waals surface area (Å²) in [6.07, 6.45) is 4.63. The number of nitrogen functional groups attached to an aromatic ring is 1. The van der Waals surface area contributed by atoms with Gasteiger partial charge in [-0.15, -0.1) is 0 Å². The highest BCUT2D eigenvalue weighted by atomic mass is 16.2. The van der Waals surface area contributed by atoms with Crippen LogP contribution in [0.3, 0.4) is 0 Å². The van der Waals surface area contributed by atoms with E-state index in [1.54, 1.807) is 0 Å². The Kier molecular flexibility index (Phi) is 4.36. The molecule has 3 N–H and O–H groups in total. The zero-order valence-electron chi connectivity index (χ0n) is 12.8. The van der Waals surface area contributed by atoms with E-state index >= 15 is 0 Å². The fourth-order valence-corrected chi connectivity index (χ4v) is 2.80. The first kappa shape index (κ1) is 14.9. The number of nitrogens with one attached hydrogen (secondary N) is 1.